The zero-order valence-electron chi connectivity index (χ0n) is 19.8. The van der Waals surface area contributed by atoms with Crippen LogP contribution in [0.4, 0.5) is 5.82 Å². The van der Waals surface area contributed by atoms with Gasteiger partial charge in [-0.1, -0.05) is 48.0 Å². The third kappa shape index (κ3) is 5.11. The van der Waals surface area contributed by atoms with Crippen LogP contribution in [0.5, 0.6) is 5.75 Å². The van der Waals surface area contributed by atoms with E-state index >= 15 is 0 Å². The Hall–Kier alpha value is -4.10. The minimum Gasteiger partial charge on any atom is -0.497 e. The van der Waals surface area contributed by atoms with E-state index in [0.717, 1.165) is 34.0 Å². The predicted octanol–water partition coefficient (Wildman–Crippen LogP) is 5.08. The highest BCUT2D eigenvalue weighted by molar-refractivity contribution is 6.30. The van der Waals surface area contributed by atoms with E-state index in [0.29, 0.717) is 36.6 Å². The average molecular weight is 501 g/mol. The number of carbonyl (C=O) groups excluding carboxylic acids is 2. The Morgan fingerprint density at radius 3 is 2.39 bits per heavy atom. The highest BCUT2D eigenvalue weighted by Gasteiger charge is 2.26. The Bertz CT molecular complexity index is 1380. The van der Waals surface area contributed by atoms with E-state index < -0.39 is 0 Å². The number of aromatic nitrogens is 2. The molecule has 0 spiro atoms. The standard InChI is InChI=1S/C28H25ClN4O3/c1-36-24-12-4-19(5-13-24)17-30-28(35)22-6-2-20(3-7-22)18-32-26-16-25(21-8-10-23(29)11-9-21)31-33(26)15-14-27(32)34/h2-13,16H,14-15,17-18H2,1H3,(H,30,35). The second kappa shape index (κ2) is 10.3. The van der Waals surface area contributed by atoms with E-state index in [9.17, 15) is 9.59 Å². The molecule has 7 nitrogen and oxygen atoms in total. The third-order valence-electron chi connectivity index (χ3n) is 6.18. The van der Waals surface area contributed by atoms with Crippen LogP contribution < -0.4 is 15.0 Å². The van der Waals surface area contributed by atoms with Crippen LogP contribution in [-0.2, 0) is 24.4 Å². The largest absolute Gasteiger partial charge is 0.497 e. The first-order valence-corrected chi connectivity index (χ1v) is 12.0. The molecule has 0 saturated carbocycles. The summed E-state index contributed by atoms with van der Waals surface area (Å²) >= 11 is 6.01. The van der Waals surface area contributed by atoms with Crippen molar-refractivity contribution in [3.8, 4) is 17.0 Å². The van der Waals surface area contributed by atoms with Gasteiger partial charge >= 0.3 is 0 Å². The number of aryl methyl sites for hydroxylation is 1. The van der Waals surface area contributed by atoms with Gasteiger partial charge in [0.25, 0.3) is 5.91 Å². The van der Waals surface area contributed by atoms with E-state index in [1.165, 1.54) is 0 Å². The second-order valence-electron chi connectivity index (χ2n) is 8.58. The molecule has 8 heteroatoms. The van der Waals surface area contributed by atoms with Gasteiger partial charge in [0.15, 0.2) is 0 Å². The molecule has 1 aliphatic rings. The second-order valence-corrected chi connectivity index (χ2v) is 9.01. The van der Waals surface area contributed by atoms with Crippen LogP contribution >= 0.6 is 11.6 Å². The van der Waals surface area contributed by atoms with Crippen LogP contribution in [-0.4, -0.2) is 28.7 Å². The van der Waals surface area contributed by atoms with Crippen molar-refractivity contribution in [3.63, 3.8) is 0 Å². The van der Waals surface area contributed by atoms with Gasteiger partial charge < -0.3 is 10.1 Å². The highest BCUT2D eigenvalue weighted by atomic mass is 35.5. The number of methoxy groups -OCH3 is 1. The Morgan fingerprint density at radius 1 is 1.00 bits per heavy atom. The fourth-order valence-corrected chi connectivity index (χ4v) is 4.28. The quantitative estimate of drug-likeness (QED) is 0.384. The molecule has 36 heavy (non-hydrogen) atoms. The zero-order valence-corrected chi connectivity index (χ0v) is 20.5. The van der Waals surface area contributed by atoms with Gasteiger partial charge in [0.05, 0.1) is 25.9 Å². The van der Waals surface area contributed by atoms with Gasteiger partial charge in [0, 0.05) is 35.2 Å². The molecule has 1 aromatic heterocycles. The SMILES string of the molecule is COc1ccc(CNC(=O)c2ccc(CN3C(=O)CCn4nc(-c5ccc(Cl)cc5)cc43)cc2)cc1. The van der Waals surface area contributed by atoms with Gasteiger partial charge in [-0.05, 0) is 47.5 Å². The summed E-state index contributed by atoms with van der Waals surface area (Å²) in [6, 6.07) is 24.3. The fourth-order valence-electron chi connectivity index (χ4n) is 4.16. The normalized spacial score (nSPS) is 12.8. The molecule has 1 aliphatic heterocycles. The first-order valence-electron chi connectivity index (χ1n) is 11.6. The summed E-state index contributed by atoms with van der Waals surface area (Å²) in [7, 11) is 1.62. The Kier molecular flexibility index (Phi) is 6.73. The molecule has 0 aliphatic carbocycles. The molecule has 2 amide bonds. The minimum atomic E-state index is -0.155. The maximum atomic E-state index is 12.8. The van der Waals surface area contributed by atoms with Crippen molar-refractivity contribution < 1.29 is 14.3 Å². The lowest BCUT2D eigenvalue weighted by molar-refractivity contribution is -0.119. The van der Waals surface area contributed by atoms with Crippen molar-refractivity contribution in [2.75, 3.05) is 12.0 Å². The Balaban J connectivity index is 1.26. The van der Waals surface area contributed by atoms with Crippen LogP contribution in [0.1, 0.15) is 27.9 Å². The number of benzene rings is 3. The van der Waals surface area contributed by atoms with Crippen molar-refractivity contribution >= 4 is 29.2 Å². The van der Waals surface area contributed by atoms with E-state index in [2.05, 4.69) is 10.4 Å². The van der Waals surface area contributed by atoms with Gasteiger partial charge in [-0.3, -0.25) is 14.5 Å². The summed E-state index contributed by atoms with van der Waals surface area (Å²) in [5.41, 5.74) is 4.22. The molecule has 3 aromatic carbocycles. The van der Waals surface area contributed by atoms with Crippen molar-refractivity contribution in [3.05, 3.63) is 101 Å². The molecule has 5 rings (SSSR count). The number of amides is 2. The highest BCUT2D eigenvalue weighted by Crippen LogP contribution is 2.30. The molecule has 0 atom stereocenters. The molecular weight excluding hydrogens is 476 g/mol. The Labute approximate surface area is 214 Å². The average Bonchev–Trinajstić information content (AvgIpc) is 3.35. The number of rotatable bonds is 7. The van der Waals surface area contributed by atoms with Crippen molar-refractivity contribution in [1.82, 2.24) is 15.1 Å². The predicted molar refractivity (Wildman–Crippen MR) is 139 cm³/mol. The molecule has 182 valence electrons. The van der Waals surface area contributed by atoms with E-state index in [1.807, 2.05) is 71.4 Å². The van der Waals surface area contributed by atoms with Crippen LogP contribution in [0, 0.1) is 0 Å². The summed E-state index contributed by atoms with van der Waals surface area (Å²) in [4.78, 5) is 27.1. The first kappa shape index (κ1) is 23.6. The smallest absolute Gasteiger partial charge is 0.251 e. The number of hydrogen-bond acceptors (Lipinski definition) is 4. The van der Waals surface area contributed by atoms with E-state index in [4.69, 9.17) is 16.3 Å². The number of ether oxygens (including phenoxy) is 1. The summed E-state index contributed by atoms with van der Waals surface area (Å²) < 4.78 is 7.03. The number of carbonyl (C=O) groups is 2. The number of halogens is 1. The molecule has 1 N–H and O–H groups in total. The summed E-state index contributed by atoms with van der Waals surface area (Å²) in [5, 5.41) is 8.28. The van der Waals surface area contributed by atoms with E-state index in [1.54, 1.807) is 24.1 Å². The third-order valence-corrected chi connectivity index (χ3v) is 6.43. The van der Waals surface area contributed by atoms with Gasteiger partial charge in [-0.15, -0.1) is 0 Å². The lowest BCUT2D eigenvalue weighted by Gasteiger charge is -2.27. The van der Waals surface area contributed by atoms with Gasteiger partial charge in [0.1, 0.15) is 11.6 Å². The summed E-state index contributed by atoms with van der Waals surface area (Å²) in [6.45, 7) is 1.37. The molecule has 0 saturated heterocycles. The van der Waals surface area contributed by atoms with Crippen LogP contribution in [0.2, 0.25) is 5.02 Å². The maximum Gasteiger partial charge on any atom is 0.251 e. The molecular formula is C28H25ClN4O3. The number of hydrogen-bond donors (Lipinski definition) is 1. The number of nitrogens with one attached hydrogen (secondary N) is 1. The summed E-state index contributed by atoms with van der Waals surface area (Å²) in [6.07, 6.45) is 0.389. The van der Waals surface area contributed by atoms with E-state index in [-0.39, 0.29) is 11.8 Å². The fraction of sp³-hybridized carbons (Fsp3) is 0.179. The molecule has 2 heterocycles. The molecule has 4 aromatic rings. The van der Waals surface area contributed by atoms with Crippen molar-refractivity contribution in [1.29, 1.82) is 0 Å². The van der Waals surface area contributed by atoms with Crippen LogP contribution in [0.3, 0.4) is 0 Å². The summed E-state index contributed by atoms with van der Waals surface area (Å²) in [5.74, 6) is 1.43. The number of anilines is 1. The molecule has 0 bridgehead atoms. The maximum absolute atomic E-state index is 12.8. The monoisotopic (exact) mass is 500 g/mol. The topological polar surface area (TPSA) is 76.5 Å². The lowest BCUT2D eigenvalue weighted by atomic mass is 10.1. The zero-order chi connectivity index (χ0) is 25.1. The van der Waals surface area contributed by atoms with Crippen molar-refractivity contribution in [2.45, 2.75) is 26.1 Å². The first-order chi connectivity index (χ1) is 17.5. The molecule has 0 fully saturated rings. The number of fused-ring (bicyclic) bond motifs is 1. The van der Waals surface area contributed by atoms with Gasteiger partial charge in [0.2, 0.25) is 5.91 Å². The number of nitrogens with zero attached hydrogens (tertiary/aromatic N) is 3. The minimum absolute atomic E-state index is 0.0476. The lowest BCUT2D eigenvalue weighted by Crippen LogP contribution is -2.36. The van der Waals surface area contributed by atoms with Gasteiger partial charge in [-0.2, -0.15) is 5.10 Å². The van der Waals surface area contributed by atoms with Crippen molar-refractivity contribution in [2.24, 2.45) is 0 Å². The Morgan fingerprint density at radius 2 is 1.69 bits per heavy atom. The van der Waals surface area contributed by atoms with Crippen LogP contribution in [0.25, 0.3) is 11.3 Å². The van der Waals surface area contributed by atoms with Crippen LogP contribution in [0.15, 0.2) is 78.9 Å². The van der Waals surface area contributed by atoms with Gasteiger partial charge in [-0.25, -0.2) is 4.68 Å². The molecule has 0 radical (unpaired) electrons. The molecule has 0 unspecified atom stereocenters.